The Morgan fingerprint density at radius 3 is 1.36 bits per heavy atom. The maximum absolute atomic E-state index is 4.75. The van der Waals surface area contributed by atoms with Crippen molar-refractivity contribution in [3.05, 3.63) is 43.3 Å². The lowest BCUT2D eigenvalue weighted by atomic mass is 10.2. The molecule has 2 rings (SSSR count). The topological polar surface area (TPSA) is 25.8 Å². The third-order valence-electron chi connectivity index (χ3n) is 3.04. The minimum Gasteiger partial charge on any atom is -0.223 e. The quantitative estimate of drug-likeness (QED) is 0.453. The molecule has 0 spiro atoms. The fourth-order valence-electron chi connectivity index (χ4n) is 1.91. The summed E-state index contributed by atoms with van der Waals surface area (Å²) < 4.78 is 2.12. The van der Waals surface area contributed by atoms with Gasteiger partial charge < -0.3 is 0 Å². The third kappa shape index (κ3) is 3.50. The van der Waals surface area contributed by atoms with Crippen LogP contribution in [0.4, 0.5) is 0 Å². The Bertz CT molecular complexity index is 712. The van der Waals surface area contributed by atoms with Crippen molar-refractivity contribution in [3.63, 3.8) is 0 Å². The standard InChI is InChI=1S/C16H16Br2N2S2/c1-5-9(11(17)7-3)13-19-15-16(21-13)20-14(22-15)10(6-2)12(18)8-4/h5-8H,1-4H3/b9-5+,10-6+,11-7+,12-8+. The summed E-state index contributed by atoms with van der Waals surface area (Å²) in [6, 6.07) is 0. The van der Waals surface area contributed by atoms with Crippen LogP contribution in [0, 0.1) is 0 Å². The SMILES string of the molecule is C/C=C(\C(Br)=C/C)c1nc2sc(C(=C/C)/C(Br)=C\C)nc2s1. The largest absolute Gasteiger partial charge is 0.223 e. The van der Waals surface area contributed by atoms with Gasteiger partial charge in [-0.15, -0.1) is 0 Å². The van der Waals surface area contributed by atoms with Crippen LogP contribution in [-0.4, -0.2) is 9.97 Å². The Morgan fingerprint density at radius 2 is 1.09 bits per heavy atom. The normalized spacial score (nSPS) is 15.0. The molecule has 0 aromatic carbocycles. The highest BCUT2D eigenvalue weighted by atomic mass is 79.9. The van der Waals surface area contributed by atoms with Crippen molar-refractivity contribution in [1.82, 2.24) is 9.97 Å². The molecular weight excluding hydrogens is 444 g/mol. The molecule has 0 amide bonds. The van der Waals surface area contributed by atoms with E-state index in [1.807, 2.05) is 39.8 Å². The number of nitrogens with zero attached hydrogens (tertiary/aromatic N) is 2. The first-order valence-electron chi connectivity index (χ1n) is 6.80. The fourth-order valence-corrected chi connectivity index (χ4v) is 5.23. The van der Waals surface area contributed by atoms with Gasteiger partial charge >= 0.3 is 0 Å². The fraction of sp³-hybridized carbons (Fsp3) is 0.250. The molecule has 0 aliphatic rings. The zero-order valence-electron chi connectivity index (χ0n) is 12.8. The molecule has 0 N–H and O–H groups in total. The predicted octanol–water partition coefficient (Wildman–Crippen LogP) is 7.16. The van der Waals surface area contributed by atoms with Crippen LogP contribution in [0.5, 0.6) is 0 Å². The van der Waals surface area contributed by atoms with Crippen LogP contribution >= 0.6 is 54.5 Å². The molecule has 0 unspecified atom stereocenters. The molecule has 22 heavy (non-hydrogen) atoms. The van der Waals surface area contributed by atoms with E-state index in [0.717, 1.165) is 39.8 Å². The van der Waals surface area contributed by atoms with Crippen molar-refractivity contribution >= 4 is 75.3 Å². The first kappa shape index (κ1) is 17.8. The van der Waals surface area contributed by atoms with Crippen LogP contribution < -0.4 is 0 Å². The van der Waals surface area contributed by atoms with Crippen LogP contribution in [0.1, 0.15) is 37.7 Å². The lowest BCUT2D eigenvalue weighted by molar-refractivity contribution is 1.44. The second-order valence-corrected chi connectivity index (χ2v) is 7.99. The minimum atomic E-state index is 0.988. The van der Waals surface area contributed by atoms with E-state index in [1.54, 1.807) is 22.7 Å². The van der Waals surface area contributed by atoms with Gasteiger partial charge in [-0.1, -0.05) is 78.8 Å². The summed E-state index contributed by atoms with van der Waals surface area (Å²) in [5.74, 6) is 0. The van der Waals surface area contributed by atoms with Gasteiger partial charge in [-0.3, -0.25) is 0 Å². The van der Waals surface area contributed by atoms with Crippen molar-refractivity contribution in [3.8, 4) is 0 Å². The molecule has 0 saturated carbocycles. The first-order valence-corrected chi connectivity index (χ1v) is 10.0. The molecule has 0 atom stereocenters. The van der Waals surface area contributed by atoms with Gasteiger partial charge in [0.25, 0.3) is 0 Å². The third-order valence-corrected chi connectivity index (χ3v) is 6.90. The molecule has 116 valence electrons. The van der Waals surface area contributed by atoms with Gasteiger partial charge in [0, 0.05) is 20.1 Å². The smallest absolute Gasteiger partial charge is 0.155 e. The number of allylic oxidation sites excluding steroid dienone is 8. The average Bonchev–Trinajstić information content (AvgIpc) is 3.07. The van der Waals surface area contributed by atoms with Crippen molar-refractivity contribution < 1.29 is 0 Å². The molecule has 0 aliphatic heterocycles. The summed E-state index contributed by atoms with van der Waals surface area (Å²) in [6.07, 6.45) is 8.21. The molecule has 6 heteroatoms. The molecule has 0 radical (unpaired) electrons. The summed E-state index contributed by atoms with van der Waals surface area (Å²) in [7, 11) is 0. The number of fused-ring (bicyclic) bond motifs is 1. The number of thiazole rings is 2. The Hall–Kier alpha value is -0.560. The van der Waals surface area contributed by atoms with Crippen LogP contribution in [0.25, 0.3) is 20.8 Å². The molecule has 2 heterocycles. The van der Waals surface area contributed by atoms with Crippen LogP contribution in [0.3, 0.4) is 0 Å². The zero-order chi connectivity index (χ0) is 16.3. The predicted molar refractivity (Wildman–Crippen MR) is 108 cm³/mol. The van der Waals surface area contributed by atoms with Gasteiger partial charge in [-0.2, -0.15) is 0 Å². The number of hydrogen-bond acceptors (Lipinski definition) is 4. The summed E-state index contributed by atoms with van der Waals surface area (Å²) in [6.45, 7) is 8.06. The Labute approximate surface area is 155 Å². The van der Waals surface area contributed by atoms with Crippen molar-refractivity contribution in [2.75, 3.05) is 0 Å². The van der Waals surface area contributed by atoms with Gasteiger partial charge in [-0.05, 0) is 27.7 Å². The first-order chi connectivity index (χ1) is 10.5. The van der Waals surface area contributed by atoms with Crippen LogP contribution in [0.2, 0.25) is 0 Å². The number of rotatable bonds is 4. The second-order valence-electron chi connectivity index (χ2n) is 4.33. The van der Waals surface area contributed by atoms with E-state index < -0.39 is 0 Å². The van der Waals surface area contributed by atoms with Crippen molar-refractivity contribution in [2.45, 2.75) is 27.7 Å². The summed E-state index contributed by atoms with van der Waals surface area (Å²) in [4.78, 5) is 11.5. The molecule has 0 saturated heterocycles. The van der Waals surface area contributed by atoms with Crippen LogP contribution in [0.15, 0.2) is 33.3 Å². The molecular formula is C16H16Br2N2S2. The van der Waals surface area contributed by atoms with Gasteiger partial charge in [0.1, 0.15) is 10.0 Å². The zero-order valence-corrected chi connectivity index (χ0v) is 17.6. The highest BCUT2D eigenvalue weighted by Gasteiger charge is 2.16. The average molecular weight is 460 g/mol. The van der Waals surface area contributed by atoms with E-state index in [0.29, 0.717) is 0 Å². The van der Waals surface area contributed by atoms with Crippen molar-refractivity contribution in [1.29, 1.82) is 0 Å². The van der Waals surface area contributed by atoms with Crippen molar-refractivity contribution in [2.24, 2.45) is 0 Å². The molecule has 0 fully saturated rings. The number of halogens is 2. The summed E-state index contributed by atoms with van der Waals surface area (Å²) in [5.41, 5.74) is 2.22. The monoisotopic (exact) mass is 458 g/mol. The molecule has 2 aromatic heterocycles. The van der Waals surface area contributed by atoms with E-state index in [2.05, 4.69) is 44.0 Å². The maximum Gasteiger partial charge on any atom is 0.155 e. The van der Waals surface area contributed by atoms with Gasteiger partial charge in [0.2, 0.25) is 0 Å². The molecule has 2 nitrogen and oxygen atoms in total. The maximum atomic E-state index is 4.75. The van der Waals surface area contributed by atoms with E-state index in [4.69, 9.17) is 9.97 Å². The lowest BCUT2D eigenvalue weighted by Gasteiger charge is -2.01. The Kier molecular flexibility index (Phi) is 6.32. The van der Waals surface area contributed by atoms with Gasteiger partial charge in [-0.25, -0.2) is 9.97 Å². The highest BCUT2D eigenvalue weighted by Crippen LogP contribution is 2.38. The summed E-state index contributed by atoms with van der Waals surface area (Å²) >= 11 is 10.4. The highest BCUT2D eigenvalue weighted by molar-refractivity contribution is 9.12. The number of aromatic nitrogens is 2. The van der Waals surface area contributed by atoms with Crippen LogP contribution in [-0.2, 0) is 0 Å². The van der Waals surface area contributed by atoms with E-state index in [-0.39, 0.29) is 0 Å². The number of hydrogen-bond donors (Lipinski definition) is 0. The van der Waals surface area contributed by atoms with E-state index in [9.17, 15) is 0 Å². The lowest BCUT2D eigenvalue weighted by Crippen LogP contribution is -1.83. The van der Waals surface area contributed by atoms with E-state index >= 15 is 0 Å². The Morgan fingerprint density at radius 1 is 0.727 bits per heavy atom. The second kappa shape index (κ2) is 7.81. The molecule has 2 aromatic rings. The molecule has 0 bridgehead atoms. The van der Waals surface area contributed by atoms with E-state index in [1.165, 1.54) is 0 Å². The molecule has 0 aliphatic carbocycles. The minimum absolute atomic E-state index is 0.988. The summed E-state index contributed by atoms with van der Waals surface area (Å²) in [5, 5.41) is 2.00. The van der Waals surface area contributed by atoms with Gasteiger partial charge in [0.05, 0.1) is 0 Å². The van der Waals surface area contributed by atoms with Gasteiger partial charge in [0.15, 0.2) is 9.66 Å². The Balaban J connectivity index is 2.47.